The number of rotatable bonds is 1. The summed E-state index contributed by atoms with van der Waals surface area (Å²) >= 11 is 5.75. The molecule has 72 valence electrons. The van der Waals surface area contributed by atoms with Gasteiger partial charge in [-0.25, -0.2) is 4.98 Å². The lowest BCUT2D eigenvalue weighted by molar-refractivity contribution is 0.306. The molecule has 0 aromatic carbocycles. The minimum atomic E-state index is 0.563. The lowest BCUT2D eigenvalue weighted by atomic mass is 9.95. The minimum absolute atomic E-state index is 0.563. The third-order valence-corrected chi connectivity index (χ3v) is 3.31. The smallest absolute Gasteiger partial charge is 0.129 e. The van der Waals surface area contributed by atoms with E-state index in [1.807, 2.05) is 18.3 Å². The average Bonchev–Trinajstić information content (AvgIpc) is 2.45. The Kier molecular flexibility index (Phi) is 1.85. The largest absolute Gasteiger partial charge is 0.312 e. The summed E-state index contributed by atoms with van der Waals surface area (Å²) in [5.41, 5.74) is 2.62. The molecule has 1 saturated heterocycles. The Morgan fingerprint density at radius 1 is 1.43 bits per heavy atom. The number of nitrogens with one attached hydrogen (secondary N) is 1. The molecule has 0 radical (unpaired) electrons. The van der Waals surface area contributed by atoms with Gasteiger partial charge in [0.25, 0.3) is 0 Å². The second-order valence-corrected chi connectivity index (χ2v) is 4.33. The zero-order valence-electron chi connectivity index (χ0n) is 7.70. The minimum Gasteiger partial charge on any atom is -0.312 e. The SMILES string of the molecule is Clc1ccc(C2=CC3CNC3C2)cn1. The summed E-state index contributed by atoms with van der Waals surface area (Å²) in [6.45, 7) is 1.13. The number of halogens is 1. The molecule has 0 amide bonds. The van der Waals surface area contributed by atoms with Crippen molar-refractivity contribution in [3.05, 3.63) is 35.1 Å². The van der Waals surface area contributed by atoms with Crippen LogP contribution in [0.3, 0.4) is 0 Å². The summed E-state index contributed by atoms with van der Waals surface area (Å²) in [6, 6.07) is 4.58. The lowest BCUT2D eigenvalue weighted by Gasteiger charge is -2.31. The maximum absolute atomic E-state index is 5.75. The maximum atomic E-state index is 5.75. The van der Waals surface area contributed by atoms with Crippen molar-refractivity contribution in [1.82, 2.24) is 10.3 Å². The Balaban J connectivity index is 1.89. The number of aromatic nitrogens is 1. The van der Waals surface area contributed by atoms with Crippen LogP contribution in [0.2, 0.25) is 5.15 Å². The summed E-state index contributed by atoms with van der Waals surface area (Å²) in [7, 11) is 0. The molecular formula is C11H11ClN2. The Morgan fingerprint density at radius 2 is 2.36 bits per heavy atom. The average molecular weight is 207 g/mol. The molecule has 14 heavy (non-hydrogen) atoms. The Hall–Kier alpha value is -0.860. The van der Waals surface area contributed by atoms with Gasteiger partial charge in [-0.1, -0.05) is 23.7 Å². The van der Waals surface area contributed by atoms with Crippen molar-refractivity contribution in [2.75, 3.05) is 6.54 Å². The van der Waals surface area contributed by atoms with Gasteiger partial charge in [0.1, 0.15) is 5.15 Å². The van der Waals surface area contributed by atoms with Crippen LogP contribution in [0.4, 0.5) is 0 Å². The van der Waals surface area contributed by atoms with Gasteiger partial charge < -0.3 is 5.32 Å². The highest BCUT2D eigenvalue weighted by atomic mass is 35.5. The molecule has 1 fully saturated rings. The van der Waals surface area contributed by atoms with E-state index < -0.39 is 0 Å². The monoisotopic (exact) mass is 206 g/mol. The number of nitrogens with zero attached hydrogens (tertiary/aromatic N) is 1. The van der Waals surface area contributed by atoms with Gasteiger partial charge >= 0.3 is 0 Å². The van der Waals surface area contributed by atoms with E-state index in [9.17, 15) is 0 Å². The molecule has 3 heteroatoms. The zero-order valence-corrected chi connectivity index (χ0v) is 8.46. The van der Waals surface area contributed by atoms with Gasteiger partial charge in [-0.05, 0) is 23.6 Å². The van der Waals surface area contributed by atoms with Gasteiger partial charge in [-0.15, -0.1) is 0 Å². The molecule has 1 aromatic rings. The topological polar surface area (TPSA) is 24.9 Å². The summed E-state index contributed by atoms with van der Waals surface area (Å²) in [5.74, 6) is 0.751. The number of hydrogen-bond acceptors (Lipinski definition) is 2. The molecule has 1 aromatic heterocycles. The maximum Gasteiger partial charge on any atom is 0.129 e. The molecule has 2 aliphatic rings. The molecule has 3 rings (SSSR count). The van der Waals surface area contributed by atoms with Gasteiger partial charge in [-0.3, -0.25) is 0 Å². The molecule has 0 bridgehead atoms. The van der Waals surface area contributed by atoms with Crippen LogP contribution in [0, 0.1) is 5.92 Å². The summed E-state index contributed by atoms with van der Waals surface area (Å²) in [5, 5.41) is 3.98. The van der Waals surface area contributed by atoms with E-state index in [1.54, 1.807) is 0 Å². The molecule has 2 heterocycles. The molecule has 2 atom stereocenters. The lowest BCUT2D eigenvalue weighted by Crippen LogP contribution is -2.49. The van der Waals surface area contributed by atoms with Crippen molar-refractivity contribution in [3.8, 4) is 0 Å². The van der Waals surface area contributed by atoms with Crippen LogP contribution < -0.4 is 5.32 Å². The highest BCUT2D eigenvalue weighted by Crippen LogP contribution is 2.35. The molecule has 2 nitrogen and oxygen atoms in total. The van der Waals surface area contributed by atoms with E-state index in [-0.39, 0.29) is 0 Å². The normalized spacial score (nSPS) is 29.4. The second kappa shape index (κ2) is 3.07. The highest BCUT2D eigenvalue weighted by Gasteiger charge is 2.34. The van der Waals surface area contributed by atoms with Crippen molar-refractivity contribution in [2.24, 2.45) is 5.92 Å². The van der Waals surface area contributed by atoms with Gasteiger partial charge in [0.2, 0.25) is 0 Å². The molecule has 0 spiro atoms. The van der Waals surface area contributed by atoms with E-state index in [0.29, 0.717) is 11.2 Å². The number of hydrogen-bond donors (Lipinski definition) is 1. The van der Waals surface area contributed by atoms with Crippen molar-refractivity contribution < 1.29 is 0 Å². The summed E-state index contributed by atoms with van der Waals surface area (Å²) in [6.07, 6.45) is 5.36. The highest BCUT2D eigenvalue weighted by molar-refractivity contribution is 6.29. The van der Waals surface area contributed by atoms with Gasteiger partial charge in [-0.2, -0.15) is 0 Å². The van der Waals surface area contributed by atoms with Crippen molar-refractivity contribution in [1.29, 1.82) is 0 Å². The van der Waals surface area contributed by atoms with E-state index >= 15 is 0 Å². The van der Waals surface area contributed by atoms with Crippen molar-refractivity contribution >= 4 is 17.2 Å². The van der Waals surface area contributed by atoms with Crippen LogP contribution in [0.15, 0.2) is 24.4 Å². The Labute approximate surface area is 88.0 Å². The van der Waals surface area contributed by atoms with Crippen LogP contribution in [0.25, 0.3) is 5.57 Å². The predicted molar refractivity (Wildman–Crippen MR) is 57.1 cm³/mol. The first-order valence-electron chi connectivity index (χ1n) is 4.89. The first-order valence-corrected chi connectivity index (χ1v) is 5.27. The van der Waals surface area contributed by atoms with Crippen LogP contribution in [0.1, 0.15) is 12.0 Å². The van der Waals surface area contributed by atoms with Gasteiger partial charge in [0, 0.05) is 24.7 Å². The van der Waals surface area contributed by atoms with Gasteiger partial charge in [0.05, 0.1) is 0 Å². The van der Waals surface area contributed by atoms with Gasteiger partial charge in [0.15, 0.2) is 0 Å². The van der Waals surface area contributed by atoms with E-state index in [2.05, 4.69) is 16.4 Å². The molecule has 2 unspecified atom stereocenters. The number of pyridine rings is 1. The summed E-state index contributed by atoms with van der Waals surface area (Å²) < 4.78 is 0. The van der Waals surface area contributed by atoms with Crippen LogP contribution >= 0.6 is 11.6 Å². The van der Waals surface area contributed by atoms with E-state index in [1.165, 1.54) is 11.1 Å². The third kappa shape index (κ3) is 1.26. The fourth-order valence-corrected chi connectivity index (χ4v) is 2.27. The quantitative estimate of drug-likeness (QED) is 0.712. The molecule has 0 saturated carbocycles. The second-order valence-electron chi connectivity index (χ2n) is 3.94. The predicted octanol–water partition coefficient (Wildman–Crippen LogP) is 2.11. The Morgan fingerprint density at radius 3 is 2.86 bits per heavy atom. The molecular weight excluding hydrogens is 196 g/mol. The number of fused-ring (bicyclic) bond motifs is 1. The van der Waals surface area contributed by atoms with E-state index in [4.69, 9.17) is 11.6 Å². The molecule has 1 N–H and O–H groups in total. The summed E-state index contributed by atoms with van der Waals surface area (Å²) in [4.78, 5) is 4.10. The molecule has 1 aliphatic heterocycles. The standard InChI is InChI=1S/C11H11ClN2/c12-11-2-1-7(5-14-11)8-3-9-6-13-10(9)4-8/h1-3,5,9-10,13H,4,6H2. The zero-order chi connectivity index (χ0) is 9.54. The van der Waals surface area contributed by atoms with Crippen molar-refractivity contribution in [3.63, 3.8) is 0 Å². The first-order chi connectivity index (χ1) is 6.83. The van der Waals surface area contributed by atoms with Crippen LogP contribution in [0.5, 0.6) is 0 Å². The Bertz CT molecular complexity index is 383. The van der Waals surface area contributed by atoms with Crippen LogP contribution in [-0.2, 0) is 0 Å². The molecule has 1 aliphatic carbocycles. The third-order valence-electron chi connectivity index (χ3n) is 3.09. The fourth-order valence-electron chi connectivity index (χ4n) is 2.16. The van der Waals surface area contributed by atoms with Crippen molar-refractivity contribution in [2.45, 2.75) is 12.5 Å². The van der Waals surface area contributed by atoms with Crippen LogP contribution in [-0.4, -0.2) is 17.6 Å². The fraction of sp³-hybridized carbons (Fsp3) is 0.364. The van der Waals surface area contributed by atoms with E-state index in [0.717, 1.165) is 18.9 Å². The first kappa shape index (κ1) is 8.45.